The maximum absolute atomic E-state index is 12.4. The Morgan fingerprint density at radius 1 is 1.13 bits per heavy atom. The normalized spacial score (nSPS) is 12.4. The molecule has 1 amide bonds. The van der Waals surface area contributed by atoms with E-state index < -0.39 is 0 Å². The summed E-state index contributed by atoms with van der Waals surface area (Å²) in [5.74, 6) is 0.805. The minimum Gasteiger partial charge on any atom is -0.298 e. The first kappa shape index (κ1) is 14.5. The molecule has 114 valence electrons. The average Bonchev–Trinajstić information content (AvgIpc) is 2.98. The number of aromatic nitrogens is 1. The van der Waals surface area contributed by atoms with Crippen LogP contribution >= 0.6 is 23.1 Å². The Bertz CT molecular complexity index is 902. The number of thiazole rings is 1. The van der Waals surface area contributed by atoms with Crippen LogP contribution in [0, 0.1) is 6.92 Å². The standard InChI is InChI=1S/C18H14N2OS2/c1-11-6-2-3-7-12(11)17(21)20-18-19-16-13-8-4-5-9-14(13)22-10-15(16)23-18/h2-9H,10H2,1H3,(H,19,20,21). The highest BCUT2D eigenvalue weighted by Gasteiger charge is 2.22. The third-order valence-corrected chi connectivity index (χ3v) is 6.06. The summed E-state index contributed by atoms with van der Waals surface area (Å²) < 4.78 is 0. The molecular weight excluding hydrogens is 324 g/mol. The average molecular weight is 338 g/mol. The number of benzene rings is 2. The van der Waals surface area contributed by atoms with Gasteiger partial charge in [-0.25, -0.2) is 4.98 Å². The van der Waals surface area contributed by atoms with Crippen LogP contribution in [-0.4, -0.2) is 10.9 Å². The molecule has 0 saturated heterocycles. The zero-order valence-electron chi connectivity index (χ0n) is 12.5. The number of amides is 1. The van der Waals surface area contributed by atoms with E-state index in [9.17, 15) is 4.79 Å². The first-order valence-electron chi connectivity index (χ1n) is 7.31. The molecule has 23 heavy (non-hydrogen) atoms. The summed E-state index contributed by atoms with van der Waals surface area (Å²) in [5, 5.41) is 3.61. The molecule has 0 bridgehead atoms. The highest BCUT2D eigenvalue weighted by molar-refractivity contribution is 7.98. The van der Waals surface area contributed by atoms with Crippen molar-refractivity contribution < 1.29 is 4.79 Å². The number of aryl methyl sites for hydroxylation is 1. The lowest BCUT2D eigenvalue weighted by Crippen LogP contribution is -2.12. The van der Waals surface area contributed by atoms with Gasteiger partial charge in [-0.15, -0.1) is 23.1 Å². The lowest BCUT2D eigenvalue weighted by atomic mass is 10.1. The fraction of sp³-hybridized carbons (Fsp3) is 0.111. The fourth-order valence-corrected chi connectivity index (χ4v) is 4.73. The maximum atomic E-state index is 12.4. The Hall–Kier alpha value is -2.11. The van der Waals surface area contributed by atoms with Crippen molar-refractivity contribution in [3.05, 3.63) is 64.5 Å². The predicted molar refractivity (Wildman–Crippen MR) is 96.2 cm³/mol. The Morgan fingerprint density at radius 3 is 2.78 bits per heavy atom. The molecule has 5 heteroatoms. The summed E-state index contributed by atoms with van der Waals surface area (Å²) in [6.07, 6.45) is 0. The molecule has 0 radical (unpaired) electrons. The van der Waals surface area contributed by atoms with E-state index in [4.69, 9.17) is 0 Å². The lowest BCUT2D eigenvalue weighted by Gasteiger charge is -2.13. The van der Waals surface area contributed by atoms with Gasteiger partial charge in [0.25, 0.3) is 5.91 Å². The highest BCUT2D eigenvalue weighted by atomic mass is 32.2. The molecule has 0 aliphatic carbocycles. The van der Waals surface area contributed by atoms with E-state index in [2.05, 4.69) is 22.4 Å². The van der Waals surface area contributed by atoms with E-state index in [1.165, 1.54) is 9.77 Å². The van der Waals surface area contributed by atoms with Crippen molar-refractivity contribution in [2.24, 2.45) is 0 Å². The van der Waals surface area contributed by atoms with Gasteiger partial charge in [0.05, 0.1) is 5.69 Å². The van der Waals surface area contributed by atoms with E-state index in [1.807, 2.05) is 55.1 Å². The van der Waals surface area contributed by atoms with Gasteiger partial charge in [0.1, 0.15) is 0 Å². The van der Waals surface area contributed by atoms with E-state index in [0.29, 0.717) is 10.7 Å². The number of nitrogens with zero attached hydrogens (tertiary/aromatic N) is 1. The Labute approximate surface area is 142 Å². The summed E-state index contributed by atoms with van der Waals surface area (Å²) in [6, 6.07) is 15.9. The Morgan fingerprint density at radius 2 is 1.91 bits per heavy atom. The fourth-order valence-electron chi connectivity index (χ4n) is 2.64. The SMILES string of the molecule is Cc1ccccc1C(=O)Nc1nc2c(s1)CSc1ccccc1-2. The van der Waals surface area contributed by atoms with Crippen LogP contribution in [0.15, 0.2) is 53.4 Å². The zero-order chi connectivity index (χ0) is 15.8. The van der Waals surface area contributed by atoms with Gasteiger partial charge in [-0.2, -0.15) is 0 Å². The molecule has 1 N–H and O–H groups in total. The van der Waals surface area contributed by atoms with Crippen molar-refractivity contribution in [1.29, 1.82) is 0 Å². The first-order valence-corrected chi connectivity index (χ1v) is 9.11. The molecule has 1 aliphatic heterocycles. The van der Waals surface area contributed by atoms with Gasteiger partial charge in [-0.05, 0) is 24.6 Å². The zero-order valence-corrected chi connectivity index (χ0v) is 14.1. The summed E-state index contributed by atoms with van der Waals surface area (Å²) in [5.41, 5.74) is 3.82. The highest BCUT2D eigenvalue weighted by Crippen LogP contribution is 2.44. The van der Waals surface area contributed by atoms with Crippen molar-refractivity contribution in [3.63, 3.8) is 0 Å². The monoisotopic (exact) mass is 338 g/mol. The number of nitrogens with one attached hydrogen (secondary N) is 1. The Balaban J connectivity index is 1.65. The second kappa shape index (κ2) is 5.83. The number of rotatable bonds is 2. The largest absolute Gasteiger partial charge is 0.298 e. The maximum Gasteiger partial charge on any atom is 0.257 e. The van der Waals surface area contributed by atoms with E-state index in [-0.39, 0.29) is 5.91 Å². The van der Waals surface area contributed by atoms with Crippen LogP contribution in [0.25, 0.3) is 11.3 Å². The number of hydrogen-bond donors (Lipinski definition) is 1. The number of carbonyl (C=O) groups is 1. The molecule has 4 rings (SSSR count). The second-order valence-electron chi connectivity index (χ2n) is 5.34. The van der Waals surface area contributed by atoms with Crippen LogP contribution in [-0.2, 0) is 5.75 Å². The van der Waals surface area contributed by atoms with Crippen molar-refractivity contribution in [2.45, 2.75) is 17.6 Å². The number of thioether (sulfide) groups is 1. The number of carbonyl (C=O) groups excluding carboxylic acids is 1. The summed E-state index contributed by atoms with van der Waals surface area (Å²) in [7, 11) is 0. The molecule has 0 spiro atoms. The molecule has 1 aromatic heterocycles. The van der Waals surface area contributed by atoms with Gasteiger partial charge < -0.3 is 0 Å². The molecule has 0 fully saturated rings. The first-order chi connectivity index (χ1) is 11.2. The third kappa shape index (κ3) is 2.66. The topological polar surface area (TPSA) is 42.0 Å². The van der Waals surface area contributed by atoms with Crippen LogP contribution in [0.2, 0.25) is 0 Å². The second-order valence-corrected chi connectivity index (χ2v) is 7.45. The van der Waals surface area contributed by atoms with Crippen molar-refractivity contribution in [2.75, 3.05) is 5.32 Å². The van der Waals surface area contributed by atoms with Gasteiger partial charge in [-0.1, -0.05) is 36.4 Å². The number of hydrogen-bond acceptors (Lipinski definition) is 4. The predicted octanol–water partition coefficient (Wildman–Crippen LogP) is 4.98. The number of anilines is 1. The van der Waals surface area contributed by atoms with Crippen LogP contribution in [0.3, 0.4) is 0 Å². The van der Waals surface area contributed by atoms with Gasteiger partial charge in [0, 0.05) is 26.7 Å². The molecule has 0 unspecified atom stereocenters. The molecule has 2 heterocycles. The van der Waals surface area contributed by atoms with E-state index >= 15 is 0 Å². The van der Waals surface area contributed by atoms with Gasteiger partial charge in [0.15, 0.2) is 5.13 Å². The molecule has 0 atom stereocenters. The Kier molecular flexibility index (Phi) is 3.67. The quantitative estimate of drug-likeness (QED) is 0.717. The minimum absolute atomic E-state index is 0.102. The summed E-state index contributed by atoms with van der Waals surface area (Å²) >= 11 is 3.38. The van der Waals surface area contributed by atoms with Crippen LogP contribution in [0.5, 0.6) is 0 Å². The van der Waals surface area contributed by atoms with Crippen LogP contribution < -0.4 is 5.32 Å². The van der Waals surface area contributed by atoms with Crippen LogP contribution in [0.4, 0.5) is 5.13 Å². The molecule has 3 aromatic rings. The summed E-state index contributed by atoms with van der Waals surface area (Å²) in [4.78, 5) is 19.6. The van der Waals surface area contributed by atoms with Crippen LogP contribution in [0.1, 0.15) is 20.8 Å². The van der Waals surface area contributed by atoms with Gasteiger partial charge >= 0.3 is 0 Å². The van der Waals surface area contributed by atoms with Crippen molar-refractivity contribution in [3.8, 4) is 11.3 Å². The van der Waals surface area contributed by atoms with E-state index in [1.54, 1.807) is 11.3 Å². The molecule has 2 aromatic carbocycles. The van der Waals surface area contributed by atoms with Crippen molar-refractivity contribution >= 4 is 34.1 Å². The third-order valence-electron chi connectivity index (χ3n) is 3.81. The van der Waals surface area contributed by atoms with Gasteiger partial charge in [0.2, 0.25) is 0 Å². The molecule has 1 aliphatic rings. The molecular formula is C18H14N2OS2. The molecule has 3 nitrogen and oxygen atoms in total. The molecule has 0 saturated carbocycles. The lowest BCUT2D eigenvalue weighted by molar-refractivity contribution is 0.102. The minimum atomic E-state index is -0.102. The smallest absolute Gasteiger partial charge is 0.257 e. The number of fused-ring (bicyclic) bond motifs is 3. The van der Waals surface area contributed by atoms with Gasteiger partial charge in [-0.3, -0.25) is 10.1 Å². The van der Waals surface area contributed by atoms with Crippen molar-refractivity contribution in [1.82, 2.24) is 4.98 Å². The van der Waals surface area contributed by atoms with E-state index in [0.717, 1.165) is 22.6 Å². The summed E-state index contributed by atoms with van der Waals surface area (Å²) in [6.45, 7) is 1.94.